The van der Waals surface area contributed by atoms with Crippen LogP contribution in [0.15, 0.2) is 24.3 Å². The maximum atomic E-state index is 12.4. The third-order valence-corrected chi connectivity index (χ3v) is 4.44. The van der Waals surface area contributed by atoms with Crippen LogP contribution in [0.25, 0.3) is 0 Å². The number of benzene rings is 1. The van der Waals surface area contributed by atoms with Crippen molar-refractivity contribution >= 4 is 17.5 Å². The fraction of sp³-hybridized carbons (Fsp3) is 0.389. The van der Waals surface area contributed by atoms with Gasteiger partial charge in [-0.05, 0) is 49.9 Å². The number of carbonyl (C=O) groups is 2. The van der Waals surface area contributed by atoms with E-state index in [-0.39, 0.29) is 18.4 Å². The van der Waals surface area contributed by atoms with Crippen LogP contribution in [0.3, 0.4) is 0 Å². The van der Waals surface area contributed by atoms with E-state index in [1.165, 1.54) is 4.90 Å². The van der Waals surface area contributed by atoms with Gasteiger partial charge in [-0.15, -0.1) is 0 Å². The Kier molecular flexibility index (Phi) is 4.38. The molecule has 0 saturated heterocycles. The summed E-state index contributed by atoms with van der Waals surface area (Å²) < 4.78 is 0. The van der Waals surface area contributed by atoms with Gasteiger partial charge in [0.25, 0.3) is 5.91 Å². The van der Waals surface area contributed by atoms with E-state index in [2.05, 4.69) is 15.5 Å². The summed E-state index contributed by atoms with van der Waals surface area (Å²) in [7, 11) is 1.61. The predicted octanol–water partition coefficient (Wildman–Crippen LogP) is 2.61. The summed E-state index contributed by atoms with van der Waals surface area (Å²) in [4.78, 5) is 26.0. The lowest BCUT2D eigenvalue weighted by Crippen LogP contribution is -2.35. The molecule has 0 atom stereocenters. The molecule has 126 valence electrons. The first-order valence-electron chi connectivity index (χ1n) is 8.12. The number of amides is 2. The van der Waals surface area contributed by atoms with Crippen LogP contribution in [0, 0.1) is 13.8 Å². The Labute approximate surface area is 141 Å². The zero-order valence-corrected chi connectivity index (χ0v) is 14.2. The van der Waals surface area contributed by atoms with Gasteiger partial charge in [-0.25, -0.2) is 0 Å². The maximum Gasteiger partial charge on any atom is 0.274 e. The fourth-order valence-corrected chi connectivity index (χ4v) is 2.61. The van der Waals surface area contributed by atoms with Crippen LogP contribution >= 0.6 is 0 Å². The van der Waals surface area contributed by atoms with Gasteiger partial charge < -0.3 is 10.2 Å². The highest BCUT2D eigenvalue weighted by atomic mass is 16.2. The van der Waals surface area contributed by atoms with E-state index in [0.29, 0.717) is 11.6 Å². The fourth-order valence-electron chi connectivity index (χ4n) is 2.61. The second-order valence-electron chi connectivity index (χ2n) is 6.44. The van der Waals surface area contributed by atoms with E-state index in [4.69, 9.17) is 0 Å². The molecule has 2 N–H and O–H groups in total. The van der Waals surface area contributed by atoms with Crippen molar-refractivity contribution in [2.24, 2.45) is 0 Å². The zero-order chi connectivity index (χ0) is 17.3. The van der Waals surface area contributed by atoms with Crippen LogP contribution in [0.1, 0.15) is 46.1 Å². The molecule has 1 aliphatic rings. The number of aromatic amines is 1. The van der Waals surface area contributed by atoms with E-state index in [9.17, 15) is 9.59 Å². The van der Waals surface area contributed by atoms with Gasteiger partial charge in [-0.1, -0.05) is 12.1 Å². The topological polar surface area (TPSA) is 78.1 Å². The van der Waals surface area contributed by atoms with Crippen molar-refractivity contribution in [2.45, 2.75) is 32.6 Å². The molecule has 1 aliphatic carbocycles. The Bertz CT molecular complexity index is 777. The van der Waals surface area contributed by atoms with Crippen molar-refractivity contribution in [3.05, 3.63) is 46.8 Å². The first-order chi connectivity index (χ1) is 11.5. The molecule has 6 nitrogen and oxygen atoms in total. The quantitative estimate of drug-likeness (QED) is 0.886. The first kappa shape index (κ1) is 16.2. The molecule has 1 fully saturated rings. The molecule has 1 aromatic heterocycles. The number of aromatic nitrogens is 2. The largest absolute Gasteiger partial charge is 0.331 e. The number of carbonyl (C=O) groups excluding carboxylic acids is 2. The number of nitrogens with zero attached hydrogens (tertiary/aromatic N) is 2. The van der Waals surface area contributed by atoms with Gasteiger partial charge in [0.1, 0.15) is 5.69 Å². The average molecular weight is 326 g/mol. The summed E-state index contributed by atoms with van der Waals surface area (Å²) in [5.41, 5.74) is 4.28. The molecule has 0 unspecified atom stereocenters. The van der Waals surface area contributed by atoms with Crippen molar-refractivity contribution in [1.82, 2.24) is 15.1 Å². The van der Waals surface area contributed by atoms with E-state index >= 15 is 0 Å². The molecule has 24 heavy (non-hydrogen) atoms. The lowest BCUT2D eigenvalue weighted by Gasteiger charge is -2.16. The van der Waals surface area contributed by atoms with Gasteiger partial charge in [0.15, 0.2) is 0 Å². The Morgan fingerprint density at radius 3 is 2.79 bits per heavy atom. The number of hydrogen-bond donors (Lipinski definition) is 2. The lowest BCUT2D eigenvalue weighted by atomic mass is 10.1. The molecule has 0 aliphatic heterocycles. The second-order valence-corrected chi connectivity index (χ2v) is 6.44. The minimum absolute atomic E-state index is 0.0160. The minimum Gasteiger partial charge on any atom is -0.331 e. The van der Waals surface area contributed by atoms with E-state index in [0.717, 1.165) is 35.3 Å². The Morgan fingerprint density at radius 2 is 2.08 bits per heavy atom. The van der Waals surface area contributed by atoms with Gasteiger partial charge >= 0.3 is 0 Å². The molecule has 0 bridgehead atoms. The number of anilines is 1. The van der Waals surface area contributed by atoms with Gasteiger partial charge in [-0.2, -0.15) is 5.10 Å². The third-order valence-electron chi connectivity index (χ3n) is 4.44. The molecule has 0 radical (unpaired) electrons. The SMILES string of the molecule is Cc1cccc(NC(=O)CN(C)C(=O)c2cc(C3CC3)[nH]n2)c1C. The molecule has 1 saturated carbocycles. The first-order valence-corrected chi connectivity index (χ1v) is 8.12. The van der Waals surface area contributed by atoms with Gasteiger partial charge in [0.05, 0.1) is 6.54 Å². The molecule has 3 rings (SSSR count). The van der Waals surface area contributed by atoms with Crippen molar-refractivity contribution < 1.29 is 9.59 Å². The van der Waals surface area contributed by atoms with Crippen LogP contribution in [-0.4, -0.2) is 40.5 Å². The van der Waals surface area contributed by atoms with Crippen molar-refractivity contribution in [2.75, 3.05) is 18.9 Å². The third kappa shape index (κ3) is 3.48. The highest BCUT2D eigenvalue weighted by Gasteiger charge is 2.27. The van der Waals surface area contributed by atoms with Gasteiger partial charge in [0.2, 0.25) is 5.91 Å². The average Bonchev–Trinajstić information content (AvgIpc) is 3.28. The van der Waals surface area contributed by atoms with E-state index in [1.807, 2.05) is 32.0 Å². The standard InChI is InChI=1S/C18H22N4O2/c1-11-5-4-6-14(12(11)2)19-17(23)10-22(3)18(24)16-9-15(20-21-16)13-7-8-13/h4-6,9,13H,7-8,10H2,1-3H3,(H,19,23)(H,20,21). The summed E-state index contributed by atoms with van der Waals surface area (Å²) in [5, 5.41) is 9.84. The number of likely N-dealkylation sites (N-methyl/N-ethyl adjacent to an activating group) is 1. The summed E-state index contributed by atoms with van der Waals surface area (Å²) in [6.07, 6.45) is 2.29. The van der Waals surface area contributed by atoms with Crippen molar-refractivity contribution in [3.63, 3.8) is 0 Å². The van der Waals surface area contributed by atoms with E-state index < -0.39 is 0 Å². The highest BCUT2D eigenvalue weighted by molar-refractivity contribution is 5.98. The molecule has 1 aromatic carbocycles. The number of rotatable bonds is 5. The summed E-state index contributed by atoms with van der Waals surface area (Å²) >= 11 is 0. The van der Waals surface area contributed by atoms with Gasteiger partial charge in [0, 0.05) is 24.3 Å². The molecular weight excluding hydrogens is 304 g/mol. The smallest absolute Gasteiger partial charge is 0.274 e. The van der Waals surface area contributed by atoms with E-state index in [1.54, 1.807) is 13.1 Å². The lowest BCUT2D eigenvalue weighted by molar-refractivity contribution is -0.116. The zero-order valence-electron chi connectivity index (χ0n) is 14.2. The van der Waals surface area contributed by atoms with Crippen LogP contribution in [0.4, 0.5) is 5.69 Å². The predicted molar refractivity (Wildman–Crippen MR) is 92.1 cm³/mol. The van der Waals surface area contributed by atoms with Gasteiger partial charge in [-0.3, -0.25) is 14.7 Å². The molecule has 2 aromatic rings. The molecule has 2 amide bonds. The highest BCUT2D eigenvalue weighted by Crippen LogP contribution is 2.39. The summed E-state index contributed by atoms with van der Waals surface area (Å²) in [6.45, 7) is 3.94. The second kappa shape index (κ2) is 6.47. The van der Waals surface area contributed by atoms with Crippen LogP contribution in [0.5, 0.6) is 0 Å². The molecule has 0 spiro atoms. The monoisotopic (exact) mass is 326 g/mol. The molecular formula is C18H22N4O2. The Balaban J connectivity index is 1.60. The Morgan fingerprint density at radius 1 is 1.33 bits per heavy atom. The van der Waals surface area contributed by atoms with Crippen LogP contribution < -0.4 is 5.32 Å². The number of nitrogens with one attached hydrogen (secondary N) is 2. The van der Waals surface area contributed by atoms with Crippen molar-refractivity contribution in [1.29, 1.82) is 0 Å². The normalized spacial score (nSPS) is 13.6. The minimum atomic E-state index is -0.255. The maximum absolute atomic E-state index is 12.4. The van der Waals surface area contributed by atoms with Crippen molar-refractivity contribution in [3.8, 4) is 0 Å². The number of aryl methyl sites for hydroxylation is 1. The number of H-pyrrole nitrogens is 1. The van der Waals surface area contributed by atoms with Crippen LogP contribution in [-0.2, 0) is 4.79 Å². The number of hydrogen-bond acceptors (Lipinski definition) is 3. The summed E-state index contributed by atoms with van der Waals surface area (Å²) in [5.74, 6) is 0.0312. The Hall–Kier alpha value is -2.63. The summed E-state index contributed by atoms with van der Waals surface area (Å²) in [6, 6.07) is 7.54. The molecule has 6 heteroatoms. The molecule has 1 heterocycles. The van der Waals surface area contributed by atoms with Crippen LogP contribution in [0.2, 0.25) is 0 Å².